The Bertz CT molecular complexity index is 905. The number of hydrogen-bond acceptors (Lipinski definition) is 2. The Hall–Kier alpha value is -1.97. The molecule has 0 radical (unpaired) electrons. The van der Waals surface area contributed by atoms with Crippen molar-refractivity contribution in [2.45, 2.75) is 70.3 Å². The van der Waals surface area contributed by atoms with Gasteiger partial charge in [-0.3, -0.25) is 9.78 Å². The van der Waals surface area contributed by atoms with E-state index in [1.807, 2.05) is 6.20 Å². The lowest BCUT2D eigenvalue weighted by Gasteiger charge is -2.33. The lowest BCUT2D eigenvalue weighted by Crippen LogP contribution is -2.43. The van der Waals surface area contributed by atoms with Crippen LogP contribution in [0, 0.1) is 29.5 Å². The van der Waals surface area contributed by atoms with Crippen molar-refractivity contribution in [3.8, 4) is 0 Å². The van der Waals surface area contributed by atoms with Gasteiger partial charge in [-0.2, -0.15) is 0 Å². The second kappa shape index (κ2) is 7.70. The fraction of sp³-hybridized carbons (Fsp3) is 0.600. The molecule has 3 aliphatic carbocycles. The van der Waals surface area contributed by atoms with Crippen LogP contribution in [0.2, 0.25) is 0 Å². The molecule has 1 N–H and O–H groups in total. The molecule has 2 aromatic rings. The van der Waals surface area contributed by atoms with E-state index in [-0.39, 0.29) is 17.6 Å². The summed E-state index contributed by atoms with van der Waals surface area (Å²) >= 11 is 0. The van der Waals surface area contributed by atoms with Crippen LogP contribution in [-0.2, 0) is 4.79 Å². The van der Waals surface area contributed by atoms with Crippen LogP contribution in [-0.4, -0.2) is 16.9 Å². The van der Waals surface area contributed by atoms with Crippen molar-refractivity contribution in [1.82, 2.24) is 10.3 Å². The summed E-state index contributed by atoms with van der Waals surface area (Å²) < 4.78 is 13.8. The smallest absolute Gasteiger partial charge is 0.223 e. The molecule has 29 heavy (non-hydrogen) atoms. The van der Waals surface area contributed by atoms with Gasteiger partial charge in [0.2, 0.25) is 5.91 Å². The van der Waals surface area contributed by atoms with E-state index in [1.165, 1.54) is 37.3 Å². The molecular formula is C25H31FN2O. The third-order valence-electron chi connectivity index (χ3n) is 8.14. The van der Waals surface area contributed by atoms with Gasteiger partial charge in [-0.15, -0.1) is 0 Å². The Morgan fingerprint density at radius 2 is 1.93 bits per heavy atom. The maximum atomic E-state index is 13.8. The fourth-order valence-corrected chi connectivity index (χ4v) is 6.38. The fourth-order valence-electron chi connectivity index (χ4n) is 6.38. The summed E-state index contributed by atoms with van der Waals surface area (Å²) in [5.74, 6) is 2.62. The topological polar surface area (TPSA) is 42.0 Å². The molecule has 0 aliphatic heterocycles. The second-order valence-electron chi connectivity index (χ2n) is 9.75. The summed E-state index contributed by atoms with van der Waals surface area (Å²) in [6, 6.07) is 7.35. The first-order chi connectivity index (χ1) is 14.1. The normalized spacial score (nSPS) is 32.4. The van der Waals surface area contributed by atoms with Crippen molar-refractivity contribution in [1.29, 1.82) is 0 Å². The highest BCUT2D eigenvalue weighted by molar-refractivity contribution is 5.82. The van der Waals surface area contributed by atoms with Gasteiger partial charge in [0.25, 0.3) is 0 Å². The summed E-state index contributed by atoms with van der Waals surface area (Å²) in [5.41, 5.74) is 2.08. The van der Waals surface area contributed by atoms with E-state index in [0.717, 1.165) is 48.4 Å². The first-order valence-corrected chi connectivity index (χ1v) is 11.4. The highest BCUT2D eigenvalue weighted by Gasteiger charge is 2.41. The number of nitrogens with zero attached hydrogens (tertiary/aromatic N) is 1. The van der Waals surface area contributed by atoms with Gasteiger partial charge in [-0.25, -0.2) is 4.39 Å². The summed E-state index contributed by atoms with van der Waals surface area (Å²) in [6.07, 6.45) is 11.3. The van der Waals surface area contributed by atoms with Gasteiger partial charge in [0.05, 0.1) is 5.52 Å². The van der Waals surface area contributed by atoms with Crippen molar-refractivity contribution >= 4 is 16.8 Å². The zero-order valence-electron chi connectivity index (χ0n) is 17.2. The first-order valence-electron chi connectivity index (χ1n) is 11.4. The van der Waals surface area contributed by atoms with E-state index in [1.54, 1.807) is 12.1 Å². The SMILES string of the molecule is C[C@@H](C(=O)NC1CC2CCC1C2)C1CCC(c2ccnc3ccc(F)cc23)CC1. The minimum Gasteiger partial charge on any atom is -0.353 e. The van der Waals surface area contributed by atoms with Gasteiger partial charge in [0.15, 0.2) is 0 Å². The molecule has 0 spiro atoms. The molecular weight excluding hydrogens is 363 g/mol. The van der Waals surface area contributed by atoms with Crippen LogP contribution in [0.25, 0.3) is 10.9 Å². The van der Waals surface area contributed by atoms with Gasteiger partial charge >= 0.3 is 0 Å². The molecule has 3 saturated carbocycles. The minimum absolute atomic E-state index is 0.0849. The van der Waals surface area contributed by atoms with Crippen LogP contribution < -0.4 is 5.32 Å². The molecule has 1 heterocycles. The van der Waals surface area contributed by atoms with Crippen LogP contribution >= 0.6 is 0 Å². The standard InChI is InChI=1S/C25H31FN2O/c1-15(25(29)28-24-13-16-2-3-19(24)12-16)17-4-6-18(7-5-17)21-10-11-27-23-9-8-20(26)14-22(21)23/h8-11,14-19,24H,2-7,12-13H2,1H3,(H,28,29)/t15-,16?,17?,18?,19?,24?/m1/s1. The third kappa shape index (κ3) is 3.67. The number of hydrogen-bond donors (Lipinski definition) is 1. The Balaban J connectivity index is 1.21. The van der Waals surface area contributed by atoms with Crippen molar-refractivity contribution in [3.05, 3.63) is 41.8 Å². The number of halogens is 1. The van der Waals surface area contributed by atoms with Gasteiger partial charge in [-0.1, -0.05) is 13.3 Å². The molecule has 1 aromatic heterocycles. The molecule has 4 heteroatoms. The number of carbonyl (C=O) groups excluding carboxylic acids is 1. The van der Waals surface area contributed by atoms with E-state index in [9.17, 15) is 9.18 Å². The number of rotatable bonds is 4. The average molecular weight is 395 g/mol. The highest BCUT2D eigenvalue weighted by Crippen LogP contribution is 2.45. The van der Waals surface area contributed by atoms with Gasteiger partial charge in [0.1, 0.15) is 5.82 Å². The van der Waals surface area contributed by atoms with E-state index in [2.05, 4.69) is 23.3 Å². The molecule has 2 bridgehead atoms. The third-order valence-corrected chi connectivity index (χ3v) is 8.14. The first kappa shape index (κ1) is 19.0. The predicted octanol–water partition coefficient (Wildman–Crippen LogP) is 5.59. The maximum Gasteiger partial charge on any atom is 0.223 e. The predicted molar refractivity (Wildman–Crippen MR) is 113 cm³/mol. The lowest BCUT2D eigenvalue weighted by molar-refractivity contribution is -0.127. The Labute approximate surface area is 172 Å². The molecule has 154 valence electrons. The number of benzene rings is 1. The number of fused-ring (bicyclic) bond motifs is 3. The van der Waals surface area contributed by atoms with E-state index in [4.69, 9.17) is 0 Å². The van der Waals surface area contributed by atoms with E-state index in [0.29, 0.717) is 17.9 Å². The number of amides is 1. The second-order valence-corrected chi connectivity index (χ2v) is 9.75. The molecule has 3 nitrogen and oxygen atoms in total. The largest absolute Gasteiger partial charge is 0.353 e. The maximum absolute atomic E-state index is 13.8. The molecule has 1 aromatic carbocycles. The zero-order valence-corrected chi connectivity index (χ0v) is 17.2. The molecule has 3 fully saturated rings. The van der Waals surface area contributed by atoms with Crippen LogP contribution in [0.4, 0.5) is 4.39 Å². The Kier molecular flexibility index (Phi) is 5.05. The molecule has 1 amide bonds. The summed E-state index contributed by atoms with van der Waals surface area (Å²) in [5, 5.41) is 4.33. The quantitative estimate of drug-likeness (QED) is 0.735. The van der Waals surface area contributed by atoms with Crippen molar-refractivity contribution < 1.29 is 9.18 Å². The molecule has 4 atom stereocenters. The van der Waals surface area contributed by atoms with Crippen LogP contribution in [0.1, 0.15) is 69.8 Å². The summed E-state index contributed by atoms with van der Waals surface area (Å²) in [4.78, 5) is 17.3. The Morgan fingerprint density at radius 3 is 2.66 bits per heavy atom. The highest BCUT2D eigenvalue weighted by atomic mass is 19.1. The number of nitrogens with one attached hydrogen (secondary N) is 1. The minimum atomic E-state index is -0.202. The van der Waals surface area contributed by atoms with Gasteiger partial charge in [-0.05, 0) is 98.4 Å². The van der Waals surface area contributed by atoms with Crippen LogP contribution in [0.3, 0.4) is 0 Å². The lowest BCUT2D eigenvalue weighted by atomic mass is 9.73. The van der Waals surface area contributed by atoms with Crippen LogP contribution in [0.5, 0.6) is 0 Å². The van der Waals surface area contributed by atoms with Crippen molar-refractivity contribution in [2.24, 2.45) is 23.7 Å². The number of aromatic nitrogens is 1. The molecule has 0 saturated heterocycles. The zero-order chi connectivity index (χ0) is 20.0. The Morgan fingerprint density at radius 1 is 1.10 bits per heavy atom. The van der Waals surface area contributed by atoms with Gasteiger partial charge < -0.3 is 5.32 Å². The van der Waals surface area contributed by atoms with Crippen molar-refractivity contribution in [3.63, 3.8) is 0 Å². The molecule has 3 unspecified atom stereocenters. The van der Waals surface area contributed by atoms with E-state index >= 15 is 0 Å². The number of carbonyl (C=O) groups is 1. The monoisotopic (exact) mass is 394 g/mol. The van der Waals surface area contributed by atoms with Crippen LogP contribution in [0.15, 0.2) is 30.5 Å². The van der Waals surface area contributed by atoms with E-state index < -0.39 is 0 Å². The van der Waals surface area contributed by atoms with Crippen molar-refractivity contribution in [2.75, 3.05) is 0 Å². The van der Waals surface area contributed by atoms with Gasteiger partial charge in [0, 0.05) is 23.5 Å². The number of pyridine rings is 1. The average Bonchev–Trinajstić information content (AvgIpc) is 3.36. The molecule has 3 aliphatic rings. The summed E-state index contributed by atoms with van der Waals surface area (Å²) in [6.45, 7) is 2.12. The summed E-state index contributed by atoms with van der Waals surface area (Å²) in [7, 11) is 0. The molecule has 5 rings (SSSR count).